The first kappa shape index (κ1) is 19.8. The first-order valence-corrected chi connectivity index (χ1v) is 10.5. The Morgan fingerprint density at radius 3 is 2.53 bits per heavy atom. The average molecular weight is 422 g/mol. The van der Waals surface area contributed by atoms with Gasteiger partial charge >= 0.3 is 0 Å². The highest BCUT2D eigenvalue weighted by atomic mass is 32.2. The van der Waals surface area contributed by atoms with Crippen molar-refractivity contribution < 1.29 is 18.3 Å². The molecule has 3 aromatic carbocycles. The monoisotopic (exact) mass is 422 g/mol. The Hall–Kier alpha value is -3.53. The van der Waals surface area contributed by atoms with E-state index in [0.29, 0.717) is 33.4 Å². The summed E-state index contributed by atoms with van der Waals surface area (Å²) in [7, 11) is -3.85. The summed E-state index contributed by atoms with van der Waals surface area (Å²) >= 11 is 0. The van der Waals surface area contributed by atoms with E-state index in [0.717, 1.165) is 0 Å². The maximum atomic E-state index is 12.4. The Bertz CT molecular complexity index is 1330. The molecular weight excluding hydrogens is 404 g/mol. The number of amides is 1. The van der Waals surface area contributed by atoms with Crippen molar-refractivity contribution in [3.8, 4) is 11.3 Å². The van der Waals surface area contributed by atoms with Crippen molar-refractivity contribution in [2.75, 3.05) is 5.32 Å². The lowest BCUT2D eigenvalue weighted by molar-refractivity contribution is -0.124. The molecule has 0 saturated heterocycles. The van der Waals surface area contributed by atoms with Gasteiger partial charge in [0, 0.05) is 16.6 Å². The standard InChI is InChI=1S/C21H18N4O4S/c22-30(28,29)16-8-4-7-14(11-16)19-17-12-15(9-10-18(17)24-25-19)23-21(27)20(26)13-5-2-1-3-6-13/h1-12,20,26H,(H,23,27)(H,24,25)(H2,22,28,29). The van der Waals surface area contributed by atoms with Gasteiger partial charge in [0.1, 0.15) is 5.69 Å². The summed E-state index contributed by atoms with van der Waals surface area (Å²) in [5.74, 6) is -0.568. The van der Waals surface area contributed by atoms with Crippen LogP contribution < -0.4 is 10.5 Å². The number of nitrogens with zero attached hydrogens (tertiary/aromatic N) is 1. The second-order valence-corrected chi connectivity index (χ2v) is 8.27. The Morgan fingerprint density at radius 1 is 1.03 bits per heavy atom. The van der Waals surface area contributed by atoms with Gasteiger partial charge in [-0.15, -0.1) is 0 Å². The Kier molecular flexibility index (Phi) is 5.08. The second-order valence-electron chi connectivity index (χ2n) is 6.71. The van der Waals surface area contributed by atoms with E-state index in [1.807, 2.05) is 0 Å². The molecule has 1 heterocycles. The minimum absolute atomic E-state index is 0.0217. The number of fused-ring (bicyclic) bond motifs is 1. The summed E-state index contributed by atoms with van der Waals surface area (Å²) < 4.78 is 23.3. The Morgan fingerprint density at radius 2 is 1.80 bits per heavy atom. The number of aliphatic hydroxyl groups is 1. The van der Waals surface area contributed by atoms with Crippen LogP contribution in [0.2, 0.25) is 0 Å². The molecule has 0 radical (unpaired) electrons. The quantitative estimate of drug-likeness (QED) is 0.392. The number of hydrogen-bond donors (Lipinski definition) is 4. The van der Waals surface area contributed by atoms with Crippen molar-refractivity contribution in [1.82, 2.24) is 10.2 Å². The normalized spacial score (nSPS) is 12.6. The van der Waals surface area contributed by atoms with Crippen LogP contribution in [0.1, 0.15) is 11.7 Å². The van der Waals surface area contributed by atoms with E-state index in [-0.39, 0.29) is 4.90 Å². The van der Waals surface area contributed by atoms with Gasteiger partial charge in [-0.3, -0.25) is 9.89 Å². The number of nitrogens with one attached hydrogen (secondary N) is 2. The molecule has 1 unspecified atom stereocenters. The zero-order chi connectivity index (χ0) is 21.3. The highest BCUT2D eigenvalue weighted by molar-refractivity contribution is 7.89. The zero-order valence-electron chi connectivity index (χ0n) is 15.6. The van der Waals surface area contributed by atoms with Crippen molar-refractivity contribution in [2.45, 2.75) is 11.0 Å². The van der Waals surface area contributed by atoms with Crippen LogP contribution in [0.3, 0.4) is 0 Å². The molecule has 1 amide bonds. The predicted octanol–water partition coefficient (Wildman–Crippen LogP) is 2.55. The lowest BCUT2D eigenvalue weighted by Gasteiger charge is -2.12. The number of carbonyl (C=O) groups is 1. The van der Waals surface area contributed by atoms with Gasteiger partial charge in [0.25, 0.3) is 5.91 Å². The third kappa shape index (κ3) is 3.94. The summed E-state index contributed by atoms with van der Waals surface area (Å²) in [6, 6.07) is 19.9. The summed E-state index contributed by atoms with van der Waals surface area (Å²) in [6.45, 7) is 0. The second kappa shape index (κ2) is 7.71. The van der Waals surface area contributed by atoms with Crippen LogP contribution in [0.25, 0.3) is 22.2 Å². The molecule has 1 aromatic heterocycles. The highest BCUT2D eigenvalue weighted by Crippen LogP contribution is 2.30. The third-order valence-electron chi connectivity index (χ3n) is 4.63. The van der Waals surface area contributed by atoms with Crippen LogP contribution in [0.4, 0.5) is 5.69 Å². The summed E-state index contributed by atoms with van der Waals surface area (Å²) in [5.41, 5.74) is 2.72. The SMILES string of the molecule is NS(=O)(=O)c1cccc(-c2n[nH]c3ccc(NC(=O)C(O)c4ccccc4)cc23)c1. The number of anilines is 1. The first-order chi connectivity index (χ1) is 14.3. The molecule has 9 heteroatoms. The van der Waals surface area contributed by atoms with Crippen LogP contribution >= 0.6 is 0 Å². The number of aromatic amines is 1. The van der Waals surface area contributed by atoms with Gasteiger partial charge in [0.2, 0.25) is 10.0 Å². The Balaban J connectivity index is 1.66. The third-order valence-corrected chi connectivity index (χ3v) is 5.54. The molecule has 30 heavy (non-hydrogen) atoms. The minimum atomic E-state index is -3.85. The Labute approximate surface area is 172 Å². The molecule has 5 N–H and O–H groups in total. The zero-order valence-corrected chi connectivity index (χ0v) is 16.4. The van der Waals surface area contributed by atoms with Gasteiger partial charge in [0.15, 0.2) is 6.10 Å². The first-order valence-electron chi connectivity index (χ1n) is 8.98. The number of primary sulfonamides is 1. The van der Waals surface area contributed by atoms with Gasteiger partial charge in [0.05, 0.1) is 10.4 Å². The van der Waals surface area contributed by atoms with E-state index in [4.69, 9.17) is 5.14 Å². The molecule has 0 aliphatic heterocycles. The molecule has 0 fully saturated rings. The number of hydrogen-bond acceptors (Lipinski definition) is 5. The van der Waals surface area contributed by atoms with E-state index in [1.165, 1.54) is 12.1 Å². The number of aliphatic hydroxyl groups excluding tert-OH is 1. The molecule has 0 aliphatic rings. The molecule has 1 atom stereocenters. The van der Waals surface area contributed by atoms with E-state index < -0.39 is 22.0 Å². The molecule has 152 valence electrons. The number of rotatable bonds is 5. The maximum Gasteiger partial charge on any atom is 0.257 e. The number of aromatic nitrogens is 2. The fourth-order valence-electron chi connectivity index (χ4n) is 3.13. The molecule has 0 bridgehead atoms. The number of carbonyl (C=O) groups excluding carboxylic acids is 1. The van der Waals surface area contributed by atoms with Crippen LogP contribution in [0.5, 0.6) is 0 Å². The maximum absolute atomic E-state index is 12.4. The smallest absolute Gasteiger partial charge is 0.257 e. The van der Waals surface area contributed by atoms with Gasteiger partial charge in [-0.1, -0.05) is 42.5 Å². The lowest BCUT2D eigenvalue weighted by Crippen LogP contribution is -2.20. The molecule has 8 nitrogen and oxygen atoms in total. The number of nitrogens with two attached hydrogens (primary N) is 1. The number of benzene rings is 3. The highest BCUT2D eigenvalue weighted by Gasteiger charge is 2.18. The van der Waals surface area contributed by atoms with E-state index in [9.17, 15) is 18.3 Å². The van der Waals surface area contributed by atoms with Crippen LogP contribution in [-0.4, -0.2) is 29.6 Å². The van der Waals surface area contributed by atoms with Gasteiger partial charge < -0.3 is 10.4 Å². The number of sulfonamides is 1. The molecule has 4 rings (SSSR count). The van der Waals surface area contributed by atoms with E-state index in [1.54, 1.807) is 60.7 Å². The van der Waals surface area contributed by atoms with Crippen molar-refractivity contribution in [1.29, 1.82) is 0 Å². The molecular formula is C21H18N4O4S. The summed E-state index contributed by atoms with van der Waals surface area (Å²) in [6.07, 6.45) is -1.31. The van der Waals surface area contributed by atoms with Crippen molar-refractivity contribution in [3.63, 3.8) is 0 Å². The van der Waals surface area contributed by atoms with Gasteiger partial charge in [-0.05, 0) is 35.9 Å². The van der Waals surface area contributed by atoms with Crippen molar-refractivity contribution >= 4 is 32.5 Å². The molecule has 4 aromatic rings. The summed E-state index contributed by atoms with van der Waals surface area (Å²) in [5, 5.41) is 26.0. The van der Waals surface area contributed by atoms with Crippen molar-refractivity contribution in [3.05, 3.63) is 78.4 Å². The van der Waals surface area contributed by atoms with E-state index in [2.05, 4.69) is 15.5 Å². The molecule has 0 spiro atoms. The average Bonchev–Trinajstić information content (AvgIpc) is 3.16. The predicted molar refractivity (Wildman–Crippen MR) is 113 cm³/mol. The molecule has 0 aliphatic carbocycles. The van der Waals surface area contributed by atoms with Crippen LogP contribution in [0, 0.1) is 0 Å². The van der Waals surface area contributed by atoms with Crippen LogP contribution in [0.15, 0.2) is 77.7 Å². The van der Waals surface area contributed by atoms with Gasteiger partial charge in [-0.25, -0.2) is 13.6 Å². The largest absolute Gasteiger partial charge is 0.378 e. The lowest BCUT2D eigenvalue weighted by atomic mass is 10.1. The molecule has 0 saturated carbocycles. The minimum Gasteiger partial charge on any atom is -0.378 e. The van der Waals surface area contributed by atoms with Gasteiger partial charge in [-0.2, -0.15) is 5.10 Å². The topological polar surface area (TPSA) is 138 Å². The van der Waals surface area contributed by atoms with Crippen molar-refractivity contribution in [2.24, 2.45) is 5.14 Å². The fraction of sp³-hybridized carbons (Fsp3) is 0.0476. The van der Waals surface area contributed by atoms with E-state index >= 15 is 0 Å². The summed E-state index contributed by atoms with van der Waals surface area (Å²) in [4.78, 5) is 12.4. The fourth-order valence-corrected chi connectivity index (χ4v) is 3.69. The van der Waals surface area contributed by atoms with Crippen LogP contribution in [-0.2, 0) is 14.8 Å². The number of H-pyrrole nitrogens is 1.